The number of ether oxygens (including phenoxy) is 2. The van der Waals surface area contributed by atoms with Crippen LogP contribution >= 0.6 is 11.6 Å². The lowest BCUT2D eigenvalue weighted by Crippen LogP contribution is -2.14. The Kier molecular flexibility index (Phi) is 7.94. The fraction of sp³-hybridized carbons (Fsp3) is 0.500. The van der Waals surface area contributed by atoms with Crippen molar-refractivity contribution in [2.75, 3.05) is 20.3 Å². The van der Waals surface area contributed by atoms with Crippen LogP contribution in [-0.4, -0.2) is 20.3 Å². The number of rotatable bonds is 8. The Morgan fingerprint density at radius 3 is 2.80 bits per heavy atom. The van der Waals surface area contributed by atoms with Crippen molar-refractivity contribution in [3.05, 3.63) is 22.7 Å². The molecule has 0 aliphatic carbocycles. The maximum Gasteiger partial charge on any atom is 0.179 e. The second-order valence-corrected chi connectivity index (χ2v) is 4.72. The molecule has 0 radical (unpaired) electrons. The lowest BCUT2D eigenvalue weighted by molar-refractivity contribution is 0.301. The SMILES string of the molecule is CC#CCCOc1c(Cl)cc(CNCCC)cc1OC. The van der Waals surface area contributed by atoms with Gasteiger partial charge in [0.1, 0.15) is 0 Å². The zero-order valence-corrected chi connectivity index (χ0v) is 13.1. The number of nitrogens with one attached hydrogen (secondary N) is 1. The third-order valence-corrected chi connectivity index (χ3v) is 2.98. The van der Waals surface area contributed by atoms with Crippen LogP contribution < -0.4 is 14.8 Å². The summed E-state index contributed by atoms with van der Waals surface area (Å²) >= 11 is 6.27. The first kappa shape index (κ1) is 16.7. The minimum atomic E-state index is 0.504. The van der Waals surface area contributed by atoms with Crippen LogP contribution in [0.25, 0.3) is 0 Å². The summed E-state index contributed by atoms with van der Waals surface area (Å²) in [4.78, 5) is 0. The van der Waals surface area contributed by atoms with Gasteiger partial charge in [0.05, 0.1) is 18.7 Å². The van der Waals surface area contributed by atoms with Crippen molar-refractivity contribution in [3.8, 4) is 23.3 Å². The highest BCUT2D eigenvalue weighted by Gasteiger charge is 2.11. The Hall–Kier alpha value is -1.37. The molecule has 0 bridgehead atoms. The summed E-state index contributed by atoms with van der Waals surface area (Å²) in [6.45, 7) is 6.20. The number of hydrogen-bond donors (Lipinski definition) is 1. The Morgan fingerprint density at radius 2 is 2.15 bits per heavy atom. The van der Waals surface area contributed by atoms with Gasteiger partial charge in [0, 0.05) is 13.0 Å². The molecule has 0 heterocycles. The van der Waals surface area contributed by atoms with Gasteiger partial charge in [0.2, 0.25) is 0 Å². The van der Waals surface area contributed by atoms with Gasteiger partial charge in [-0.1, -0.05) is 18.5 Å². The predicted octanol–water partition coefficient (Wildman–Crippen LogP) is 3.64. The molecule has 3 nitrogen and oxygen atoms in total. The Bertz CT molecular complexity index is 477. The van der Waals surface area contributed by atoms with E-state index < -0.39 is 0 Å². The highest BCUT2D eigenvalue weighted by molar-refractivity contribution is 6.32. The van der Waals surface area contributed by atoms with Crippen molar-refractivity contribution >= 4 is 11.6 Å². The molecule has 20 heavy (non-hydrogen) atoms. The molecule has 1 N–H and O–H groups in total. The first-order valence-electron chi connectivity index (χ1n) is 6.82. The number of methoxy groups -OCH3 is 1. The van der Waals surface area contributed by atoms with Crippen molar-refractivity contribution in [3.63, 3.8) is 0 Å². The third-order valence-electron chi connectivity index (χ3n) is 2.70. The minimum Gasteiger partial charge on any atom is -0.493 e. The quantitative estimate of drug-likeness (QED) is 0.587. The molecule has 0 aromatic heterocycles. The molecule has 0 unspecified atom stereocenters. The number of hydrogen-bond acceptors (Lipinski definition) is 3. The highest BCUT2D eigenvalue weighted by Crippen LogP contribution is 2.36. The van der Waals surface area contributed by atoms with Gasteiger partial charge in [-0.3, -0.25) is 0 Å². The fourth-order valence-corrected chi connectivity index (χ4v) is 2.04. The van der Waals surface area contributed by atoms with Gasteiger partial charge in [-0.2, -0.15) is 0 Å². The summed E-state index contributed by atoms with van der Waals surface area (Å²) in [5, 5.41) is 3.91. The van der Waals surface area contributed by atoms with E-state index in [-0.39, 0.29) is 0 Å². The van der Waals surface area contributed by atoms with E-state index in [1.807, 2.05) is 19.1 Å². The lowest BCUT2D eigenvalue weighted by atomic mass is 10.2. The van der Waals surface area contributed by atoms with Crippen LogP contribution in [0.15, 0.2) is 12.1 Å². The van der Waals surface area contributed by atoms with Gasteiger partial charge >= 0.3 is 0 Å². The monoisotopic (exact) mass is 295 g/mol. The van der Waals surface area contributed by atoms with Crippen LogP contribution in [0.5, 0.6) is 11.5 Å². The van der Waals surface area contributed by atoms with Gasteiger partial charge in [0.15, 0.2) is 11.5 Å². The van der Waals surface area contributed by atoms with Gasteiger partial charge in [0.25, 0.3) is 0 Å². The molecule has 0 spiro atoms. The zero-order chi connectivity index (χ0) is 14.8. The van der Waals surface area contributed by atoms with Crippen LogP contribution in [0.1, 0.15) is 32.3 Å². The average molecular weight is 296 g/mol. The molecule has 110 valence electrons. The molecule has 0 saturated carbocycles. The van der Waals surface area contributed by atoms with E-state index in [0.717, 1.165) is 25.1 Å². The Morgan fingerprint density at radius 1 is 1.35 bits per heavy atom. The summed E-state index contributed by atoms with van der Waals surface area (Å²) in [6, 6.07) is 3.86. The predicted molar refractivity (Wildman–Crippen MR) is 83.6 cm³/mol. The summed E-state index contributed by atoms with van der Waals surface area (Å²) in [7, 11) is 1.62. The molecule has 0 aliphatic heterocycles. The van der Waals surface area contributed by atoms with E-state index in [1.54, 1.807) is 7.11 Å². The lowest BCUT2D eigenvalue weighted by Gasteiger charge is -2.14. The van der Waals surface area contributed by atoms with Gasteiger partial charge in [-0.25, -0.2) is 0 Å². The molecule has 0 saturated heterocycles. The van der Waals surface area contributed by atoms with Crippen LogP contribution in [0.2, 0.25) is 5.02 Å². The Labute approximate surface area is 126 Å². The molecule has 0 amide bonds. The number of benzene rings is 1. The molecule has 0 aliphatic rings. The van der Waals surface area contributed by atoms with E-state index >= 15 is 0 Å². The molecular formula is C16H22ClNO2. The highest BCUT2D eigenvalue weighted by atomic mass is 35.5. The largest absolute Gasteiger partial charge is 0.493 e. The summed E-state index contributed by atoms with van der Waals surface area (Å²) in [5.41, 5.74) is 1.08. The maximum absolute atomic E-state index is 6.27. The summed E-state index contributed by atoms with van der Waals surface area (Å²) in [5.74, 6) is 7.04. The smallest absolute Gasteiger partial charge is 0.179 e. The average Bonchev–Trinajstić information content (AvgIpc) is 2.45. The first-order valence-corrected chi connectivity index (χ1v) is 7.20. The van der Waals surface area contributed by atoms with Crippen molar-refractivity contribution in [1.29, 1.82) is 0 Å². The van der Waals surface area contributed by atoms with Crippen LogP contribution in [0.4, 0.5) is 0 Å². The van der Waals surface area contributed by atoms with Gasteiger partial charge in [-0.15, -0.1) is 11.8 Å². The first-order chi connectivity index (χ1) is 9.72. The van der Waals surface area contributed by atoms with Crippen LogP contribution in [0.3, 0.4) is 0 Å². The molecule has 1 rings (SSSR count). The third kappa shape index (κ3) is 5.32. The van der Waals surface area contributed by atoms with Crippen molar-refractivity contribution in [1.82, 2.24) is 5.32 Å². The van der Waals surface area contributed by atoms with Crippen molar-refractivity contribution in [2.24, 2.45) is 0 Å². The molecule has 1 aromatic carbocycles. The molecule has 0 fully saturated rings. The molecule has 4 heteroatoms. The second-order valence-electron chi connectivity index (χ2n) is 4.31. The summed E-state index contributed by atoms with van der Waals surface area (Å²) in [6.07, 6.45) is 1.78. The van der Waals surface area contributed by atoms with Crippen molar-refractivity contribution < 1.29 is 9.47 Å². The van der Waals surface area contributed by atoms with Gasteiger partial charge in [-0.05, 0) is 37.6 Å². The number of halogens is 1. The van der Waals surface area contributed by atoms with Gasteiger partial charge < -0.3 is 14.8 Å². The van der Waals surface area contributed by atoms with E-state index in [1.165, 1.54) is 0 Å². The molecule has 0 atom stereocenters. The van der Waals surface area contributed by atoms with E-state index in [4.69, 9.17) is 21.1 Å². The molecule has 1 aromatic rings. The van der Waals surface area contributed by atoms with Crippen molar-refractivity contribution in [2.45, 2.75) is 33.2 Å². The topological polar surface area (TPSA) is 30.5 Å². The fourth-order valence-electron chi connectivity index (χ4n) is 1.75. The van der Waals surface area contributed by atoms with Crippen LogP contribution in [-0.2, 0) is 6.54 Å². The standard InChI is InChI=1S/C16H22ClNO2/c1-4-6-7-9-20-16-14(17)10-13(11-15(16)19-3)12-18-8-5-2/h10-11,18H,5,7-9,12H2,1-3H3. The zero-order valence-electron chi connectivity index (χ0n) is 12.4. The van der Waals surface area contributed by atoms with E-state index in [9.17, 15) is 0 Å². The van der Waals surface area contributed by atoms with Crippen LogP contribution in [0, 0.1) is 11.8 Å². The maximum atomic E-state index is 6.27. The van der Waals surface area contributed by atoms with E-state index in [2.05, 4.69) is 24.1 Å². The Balaban J connectivity index is 2.75. The summed E-state index contributed by atoms with van der Waals surface area (Å²) < 4.78 is 11.0. The second kappa shape index (κ2) is 9.52. The van der Waals surface area contributed by atoms with E-state index in [0.29, 0.717) is 29.5 Å². The normalized spacial score (nSPS) is 9.80. The minimum absolute atomic E-state index is 0.504. The molecular weight excluding hydrogens is 274 g/mol.